The van der Waals surface area contributed by atoms with E-state index in [1.807, 2.05) is 30.8 Å². The molecule has 1 aromatic carbocycles. The van der Waals surface area contributed by atoms with Gasteiger partial charge in [0.15, 0.2) is 0 Å². The van der Waals surface area contributed by atoms with Crippen molar-refractivity contribution in [2.24, 2.45) is 0 Å². The van der Waals surface area contributed by atoms with E-state index in [1.165, 1.54) is 17.3 Å². The third-order valence-electron chi connectivity index (χ3n) is 2.77. The van der Waals surface area contributed by atoms with Gasteiger partial charge in [-0.1, -0.05) is 0 Å². The van der Waals surface area contributed by atoms with Crippen molar-refractivity contribution in [2.45, 2.75) is 12.2 Å². The van der Waals surface area contributed by atoms with E-state index in [-0.39, 0.29) is 0 Å². The molecule has 0 saturated carbocycles. The minimum atomic E-state index is 0.713. The molecule has 1 unspecified atom stereocenters. The van der Waals surface area contributed by atoms with Gasteiger partial charge in [0.1, 0.15) is 0 Å². The number of nitrogens with one attached hydrogen (secondary N) is 1. The fourth-order valence-electron chi connectivity index (χ4n) is 1.79. The Morgan fingerprint density at radius 1 is 1.47 bits per heavy atom. The lowest BCUT2D eigenvalue weighted by molar-refractivity contribution is 1.00. The molecule has 90 valence electrons. The van der Waals surface area contributed by atoms with E-state index in [1.54, 1.807) is 0 Å². The maximum atomic E-state index is 8.87. The molecular formula is C13H16N2S2. The van der Waals surface area contributed by atoms with Gasteiger partial charge in [0, 0.05) is 34.7 Å². The van der Waals surface area contributed by atoms with Crippen molar-refractivity contribution in [1.29, 1.82) is 5.26 Å². The molecule has 0 radical (unpaired) electrons. The van der Waals surface area contributed by atoms with Crippen LogP contribution in [0.25, 0.3) is 0 Å². The van der Waals surface area contributed by atoms with Gasteiger partial charge in [0.2, 0.25) is 0 Å². The largest absolute Gasteiger partial charge is 0.384 e. The van der Waals surface area contributed by atoms with Gasteiger partial charge in [-0.25, -0.2) is 0 Å². The van der Waals surface area contributed by atoms with Crippen LogP contribution in [-0.4, -0.2) is 29.1 Å². The molecule has 0 spiro atoms. The first-order valence-electron chi connectivity index (χ1n) is 5.73. The zero-order chi connectivity index (χ0) is 12.1. The van der Waals surface area contributed by atoms with Crippen LogP contribution in [0.4, 0.5) is 5.69 Å². The summed E-state index contributed by atoms with van der Waals surface area (Å²) in [4.78, 5) is 0. The Morgan fingerprint density at radius 3 is 3.00 bits per heavy atom. The number of aryl methyl sites for hydroxylation is 1. The molecule has 1 heterocycles. The zero-order valence-electron chi connectivity index (χ0n) is 9.90. The lowest BCUT2D eigenvalue weighted by atomic mass is 10.1. The molecule has 0 aliphatic carbocycles. The Kier molecular flexibility index (Phi) is 4.64. The number of hydrogen-bond donors (Lipinski definition) is 1. The molecule has 1 atom stereocenters. The van der Waals surface area contributed by atoms with Crippen LogP contribution < -0.4 is 5.32 Å². The van der Waals surface area contributed by atoms with Gasteiger partial charge in [0.05, 0.1) is 11.6 Å². The fraction of sp³-hybridized carbons (Fsp3) is 0.462. The van der Waals surface area contributed by atoms with Crippen LogP contribution in [0.15, 0.2) is 18.2 Å². The minimum absolute atomic E-state index is 0.713. The SMILES string of the molecule is Cc1cc(NCC2CSCCS2)ccc1C#N. The molecule has 2 rings (SSSR count). The van der Waals surface area contributed by atoms with Gasteiger partial charge in [-0.05, 0) is 30.7 Å². The van der Waals surface area contributed by atoms with Crippen LogP contribution >= 0.6 is 23.5 Å². The van der Waals surface area contributed by atoms with Crippen LogP contribution in [0.5, 0.6) is 0 Å². The van der Waals surface area contributed by atoms with Crippen molar-refractivity contribution in [3.8, 4) is 6.07 Å². The first-order valence-corrected chi connectivity index (χ1v) is 7.94. The summed E-state index contributed by atoms with van der Waals surface area (Å²) in [5.74, 6) is 3.80. The highest BCUT2D eigenvalue weighted by Crippen LogP contribution is 2.24. The quantitative estimate of drug-likeness (QED) is 0.910. The highest BCUT2D eigenvalue weighted by Gasteiger charge is 2.13. The van der Waals surface area contributed by atoms with Crippen molar-refractivity contribution in [3.05, 3.63) is 29.3 Å². The van der Waals surface area contributed by atoms with E-state index < -0.39 is 0 Å². The van der Waals surface area contributed by atoms with Gasteiger partial charge >= 0.3 is 0 Å². The first kappa shape index (κ1) is 12.7. The van der Waals surface area contributed by atoms with Gasteiger partial charge in [-0.15, -0.1) is 0 Å². The normalized spacial score (nSPS) is 19.6. The summed E-state index contributed by atoms with van der Waals surface area (Å²) in [7, 11) is 0. The van der Waals surface area contributed by atoms with Crippen molar-refractivity contribution in [1.82, 2.24) is 0 Å². The van der Waals surface area contributed by atoms with Crippen molar-refractivity contribution < 1.29 is 0 Å². The molecule has 2 nitrogen and oxygen atoms in total. The third kappa shape index (κ3) is 3.58. The first-order chi connectivity index (χ1) is 8.29. The molecular weight excluding hydrogens is 248 g/mol. The van der Waals surface area contributed by atoms with E-state index in [4.69, 9.17) is 5.26 Å². The highest BCUT2D eigenvalue weighted by molar-refractivity contribution is 8.06. The van der Waals surface area contributed by atoms with Gasteiger partial charge < -0.3 is 5.32 Å². The van der Waals surface area contributed by atoms with Crippen molar-refractivity contribution in [3.63, 3.8) is 0 Å². The van der Waals surface area contributed by atoms with Crippen LogP contribution in [0.3, 0.4) is 0 Å². The number of rotatable bonds is 3. The second kappa shape index (κ2) is 6.23. The van der Waals surface area contributed by atoms with Crippen molar-refractivity contribution in [2.75, 3.05) is 29.1 Å². The maximum absolute atomic E-state index is 8.87. The Balaban J connectivity index is 1.90. The molecule has 4 heteroatoms. The molecule has 0 amide bonds. The smallest absolute Gasteiger partial charge is 0.0994 e. The number of thioether (sulfide) groups is 2. The number of benzene rings is 1. The highest BCUT2D eigenvalue weighted by atomic mass is 32.2. The summed E-state index contributed by atoms with van der Waals surface area (Å²) < 4.78 is 0. The van der Waals surface area contributed by atoms with Gasteiger partial charge in [-0.3, -0.25) is 0 Å². The molecule has 0 bridgehead atoms. The van der Waals surface area contributed by atoms with Gasteiger partial charge in [-0.2, -0.15) is 28.8 Å². The number of nitrogens with zero attached hydrogens (tertiary/aromatic N) is 1. The summed E-state index contributed by atoms with van der Waals surface area (Å²) in [6.45, 7) is 3.00. The van der Waals surface area contributed by atoms with E-state index in [0.29, 0.717) is 5.25 Å². The molecule has 1 aliphatic rings. The Morgan fingerprint density at radius 2 is 2.35 bits per heavy atom. The van der Waals surface area contributed by atoms with Crippen molar-refractivity contribution >= 4 is 29.2 Å². The number of nitriles is 1. The van der Waals surface area contributed by atoms with Crippen LogP contribution in [0.2, 0.25) is 0 Å². The Labute approximate surface area is 111 Å². The molecule has 1 saturated heterocycles. The average molecular weight is 264 g/mol. The second-order valence-corrected chi connectivity index (χ2v) is 6.65. The molecule has 1 fully saturated rings. The van der Waals surface area contributed by atoms with Crippen LogP contribution in [0, 0.1) is 18.3 Å². The van der Waals surface area contributed by atoms with E-state index in [2.05, 4.69) is 29.2 Å². The monoisotopic (exact) mass is 264 g/mol. The Hall–Kier alpha value is -0.790. The average Bonchev–Trinajstić information content (AvgIpc) is 2.38. The van der Waals surface area contributed by atoms with Gasteiger partial charge in [0.25, 0.3) is 0 Å². The second-order valence-electron chi connectivity index (χ2n) is 4.09. The molecule has 0 aromatic heterocycles. The summed E-state index contributed by atoms with van der Waals surface area (Å²) in [6, 6.07) is 8.13. The lowest BCUT2D eigenvalue weighted by Crippen LogP contribution is -2.23. The molecule has 1 N–H and O–H groups in total. The summed E-state index contributed by atoms with van der Waals surface area (Å²) in [5, 5.41) is 13.0. The maximum Gasteiger partial charge on any atom is 0.0994 e. The molecule has 1 aromatic rings. The lowest BCUT2D eigenvalue weighted by Gasteiger charge is -2.21. The summed E-state index contributed by atoms with van der Waals surface area (Å²) in [5.41, 5.74) is 2.93. The predicted octanol–water partition coefficient (Wildman–Crippen LogP) is 3.13. The third-order valence-corrected chi connectivity index (χ3v) is 5.61. The summed E-state index contributed by atoms with van der Waals surface area (Å²) >= 11 is 4.10. The van der Waals surface area contributed by atoms with E-state index >= 15 is 0 Å². The predicted molar refractivity (Wildman–Crippen MR) is 78.0 cm³/mol. The molecule has 17 heavy (non-hydrogen) atoms. The Bertz CT molecular complexity index is 420. The zero-order valence-corrected chi connectivity index (χ0v) is 11.5. The number of anilines is 1. The van der Waals surface area contributed by atoms with E-state index in [0.717, 1.165) is 23.4 Å². The molecule has 1 aliphatic heterocycles. The van der Waals surface area contributed by atoms with E-state index in [9.17, 15) is 0 Å². The summed E-state index contributed by atoms with van der Waals surface area (Å²) in [6.07, 6.45) is 0. The minimum Gasteiger partial charge on any atom is -0.384 e. The van der Waals surface area contributed by atoms with Crippen LogP contribution in [-0.2, 0) is 0 Å². The number of hydrogen-bond acceptors (Lipinski definition) is 4. The fourth-order valence-corrected chi connectivity index (χ4v) is 4.40. The van der Waals surface area contributed by atoms with Crippen LogP contribution in [0.1, 0.15) is 11.1 Å². The topological polar surface area (TPSA) is 35.8 Å². The standard InChI is InChI=1S/C13H16N2S2/c1-10-6-12(3-2-11(10)7-14)15-8-13-9-16-4-5-17-13/h2-3,6,13,15H,4-5,8-9H2,1H3.